The molecular weight excluding hydrogens is 340 g/mol. The monoisotopic (exact) mass is 368 g/mol. The summed E-state index contributed by atoms with van der Waals surface area (Å²) in [5.41, 5.74) is 2.06. The Hall–Kier alpha value is -2.34. The predicted molar refractivity (Wildman–Crippen MR) is 105 cm³/mol. The molecule has 0 radical (unpaired) electrons. The third-order valence-electron chi connectivity index (χ3n) is 6.16. The summed E-state index contributed by atoms with van der Waals surface area (Å²) in [5, 5.41) is 7.60. The van der Waals surface area contributed by atoms with E-state index in [1.54, 1.807) is 6.92 Å². The van der Waals surface area contributed by atoms with Crippen LogP contribution in [0.3, 0.4) is 0 Å². The van der Waals surface area contributed by atoms with E-state index in [9.17, 15) is 9.59 Å². The van der Waals surface area contributed by atoms with Crippen LogP contribution in [0.5, 0.6) is 0 Å². The number of nitrogens with one attached hydrogen (secondary N) is 2. The van der Waals surface area contributed by atoms with Gasteiger partial charge < -0.3 is 20.1 Å². The molecule has 2 aromatic rings. The van der Waals surface area contributed by atoms with Gasteiger partial charge >= 0.3 is 0 Å². The summed E-state index contributed by atoms with van der Waals surface area (Å²) in [6.45, 7) is 6.40. The lowest BCUT2D eigenvalue weighted by Gasteiger charge is -2.41. The number of aromatic nitrogens is 1. The van der Waals surface area contributed by atoms with Crippen LogP contribution in [-0.4, -0.2) is 52.5 Å². The maximum atomic E-state index is 13.4. The topological polar surface area (TPSA) is 66.4 Å². The Morgan fingerprint density at radius 3 is 2.74 bits per heavy atom. The van der Waals surface area contributed by atoms with Gasteiger partial charge in [0.2, 0.25) is 11.8 Å². The van der Waals surface area contributed by atoms with E-state index in [-0.39, 0.29) is 23.4 Å². The summed E-state index contributed by atoms with van der Waals surface area (Å²) in [6.07, 6.45) is 2.74. The molecule has 27 heavy (non-hydrogen) atoms. The predicted octanol–water partition coefficient (Wildman–Crippen LogP) is 1.81. The van der Waals surface area contributed by atoms with Gasteiger partial charge in [-0.2, -0.15) is 0 Å². The van der Waals surface area contributed by atoms with Crippen LogP contribution in [0.2, 0.25) is 0 Å². The van der Waals surface area contributed by atoms with E-state index >= 15 is 0 Å². The molecule has 2 amide bonds. The highest BCUT2D eigenvalue weighted by Crippen LogP contribution is 2.37. The molecule has 0 bridgehead atoms. The second-order valence-electron chi connectivity index (χ2n) is 8.01. The third-order valence-corrected chi connectivity index (χ3v) is 6.16. The van der Waals surface area contributed by atoms with Crippen molar-refractivity contribution in [2.24, 2.45) is 0 Å². The molecule has 4 rings (SSSR count). The van der Waals surface area contributed by atoms with Gasteiger partial charge in [0.05, 0.1) is 0 Å². The first-order valence-corrected chi connectivity index (χ1v) is 9.82. The number of rotatable bonds is 3. The van der Waals surface area contributed by atoms with Gasteiger partial charge in [-0.25, -0.2) is 0 Å². The van der Waals surface area contributed by atoms with Crippen LogP contribution in [-0.2, 0) is 16.1 Å². The first-order valence-electron chi connectivity index (χ1n) is 9.82. The Balaban J connectivity index is 1.60. The third kappa shape index (κ3) is 3.34. The molecule has 2 saturated heterocycles. The Labute approximate surface area is 159 Å². The van der Waals surface area contributed by atoms with Gasteiger partial charge in [-0.15, -0.1) is 0 Å². The fourth-order valence-electron chi connectivity index (χ4n) is 4.94. The second kappa shape index (κ2) is 7.00. The standard InChI is InChI=1S/C21H28N4O2/c1-15-11-17-5-3-4-6-19(17)24(15)14-20(27)25-13-18(23-16(2)26)12-21(25)7-9-22-10-8-21/h3-6,11,18,22H,7-10,12-14H2,1-2H3,(H,23,26). The first kappa shape index (κ1) is 18.0. The van der Waals surface area contributed by atoms with Gasteiger partial charge in [0.15, 0.2) is 0 Å². The summed E-state index contributed by atoms with van der Waals surface area (Å²) in [7, 11) is 0. The van der Waals surface area contributed by atoms with Crippen LogP contribution in [0.15, 0.2) is 30.3 Å². The summed E-state index contributed by atoms with van der Waals surface area (Å²) < 4.78 is 2.11. The molecule has 0 aliphatic carbocycles. The van der Waals surface area contributed by atoms with Crippen molar-refractivity contribution in [3.63, 3.8) is 0 Å². The van der Waals surface area contributed by atoms with E-state index in [0.29, 0.717) is 13.1 Å². The quantitative estimate of drug-likeness (QED) is 0.868. The zero-order valence-electron chi connectivity index (χ0n) is 16.1. The number of carbonyl (C=O) groups excluding carboxylic acids is 2. The molecule has 1 aromatic heterocycles. The highest BCUT2D eigenvalue weighted by atomic mass is 16.2. The summed E-state index contributed by atoms with van der Waals surface area (Å²) in [6, 6.07) is 10.4. The molecule has 3 heterocycles. The van der Waals surface area contributed by atoms with Crippen LogP contribution in [0, 0.1) is 6.92 Å². The fraction of sp³-hybridized carbons (Fsp3) is 0.524. The van der Waals surface area contributed by atoms with E-state index in [0.717, 1.165) is 48.9 Å². The van der Waals surface area contributed by atoms with Crippen molar-refractivity contribution in [2.75, 3.05) is 19.6 Å². The number of aryl methyl sites for hydroxylation is 1. The molecule has 144 valence electrons. The number of hydrogen-bond acceptors (Lipinski definition) is 3. The number of likely N-dealkylation sites (tertiary alicyclic amines) is 1. The number of hydrogen-bond donors (Lipinski definition) is 2. The van der Waals surface area contributed by atoms with Crippen molar-refractivity contribution < 1.29 is 9.59 Å². The van der Waals surface area contributed by atoms with E-state index in [1.807, 2.05) is 12.1 Å². The number of amides is 2. The minimum absolute atomic E-state index is 0.0226. The highest BCUT2D eigenvalue weighted by molar-refractivity contribution is 5.85. The first-order chi connectivity index (χ1) is 13.0. The molecule has 6 nitrogen and oxygen atoms in total. The van der Waals surface area contributed by atoms with Crippen LogP contribution in [0.4, 0.5) is 0 Å². The van der Waals surface area contributed by atoms with Crippen molar-refractivity contribution in [1.29, 1.82) is 0 Å². The van der Waals surface area contributed by atoms with Crippen LogP contribution in [0.25, 0.3) is 10.9 Å². The molecule has 1 spiro atoms. The van der Waals surface area contributed by atoms with Gasteiger partial charge in [0.25, 0.3) is 0 Å². The Morgan fingerprint density at radius 2 is 2.00 bits per heavy atom. The zero-order chi connectivity index (χ0) is 19.0. The van der Waals surface area contributed by atoms with Crippen molar-refractivity contribution in [2.45, 2.75) is 51.2 Å². The smallest absolute Gasteiger partial charge is 0.243 e. The molecule has 2 N–H and O–H groups in total. The molecule has 2 aliphatic rings. The molecular formula is C21H28N4O2. The fourth-order valence-corrected chi connectivity index (χ4v) is 4.94. The van der Waals surface area contributed by atoms with Crippen molar-refractivity contribution in [1.82, 2.24) is 20.1 Å². The molecule has 1 aromatic carbocycles. The van der Waals surface area contributed by atoms with E-state index < -0.39 is 0 Å². The van der Waals surface area contributed by atoms with Crippen molar-refractivity contribution >= 4 is 22.7 Å². The van der Waals surface area contributed by atoms with E-state index in [1.165, 1.54) is 0 Å². The number of fused-ring (bicyclic) bond motifs is 1. The number of benzene rings is 1. The number of carbonyl (C=O) groups is 2. The van der Waals surface area contributed by atoms with Gasteiger partial charge in [0.1, 0.15) is 6.54 Å². The molecule has 6 heteroatoms. The van der Waals surface area contributed by atoms with Crippen molar-refractivity contribution in [3.8, 4) is 0 Å². The SMILES string of the molecule is CC(=O)NC1CN(C(=O)Cn2c(C)cc3ccccc32)C2(CCNCC2)C1. The zero-order valence-corrected chi connectivity index (χ0v) is 16.1. The molecule has 2 aliphatic heterocycles. The van der Waals surface area contributed by atoms with Crippen molar-refractivity contribution in [3.05, 3.63) is 36.0 Å². The van der Waals surface area contributed by atoms with E-state index in [2.05, 4.69) is 45.2 Å². The maximum Gasteiger partial charge on any atom is 0.243 e. The Morgan fingerprint density at radius 1 is 1.26 bits per heavy atom. The normalized spacial score (nSPS) is 21.7. The molecule has 1 atom stereocenters. The maximum absolute atomic E-state index is 13.4. The number of nitrogens with zero attached hydrogens (tertiary/aromatic N) is 2. The molecule has 0 saturated carbocycles. The van der Waals surface area contributed by atoms with Gasteiger partial charge in [0, 0.05) is 36.3 Å². The average Bonchev–Trinajstić information content (AvgIpc) is 3.13. The largest absolute Gasteiger partial charge is 0.352 e. The Bertz CT molecular complexity index is 866. The van der Waals surface area contributed by atoms with Gasteiger partial charge in [-0.05, 0) is 56.8 Å². The Kier molecular flexibility index (Phi) is 4.68. The average molecular weight is 368 g/mol. The van der Waals surface area contributed by atoms with E-state index in [4.69, 9.17) is 0 Å². The van der Waals surface area contributed by atoms with Crippen LogP contribution < -0.4 is 10.6 Å². The summed E-state index contributed by atoms with van der Waals surface area (Å²) >= 11 is 0. The molecule has 2 fully saturated rings. The van der Waals surface area contributed by atoms with Gasteiger partial charge in [-0.3, -0.25) is 9.59 Å². The van der Waals surface area contributed by atoms with Crippen LogP contribution >= 0.6 is 0 Å². The second-order valence-corrected chi connectivity index (χ2v) is 8.01. The van der Waals surface area contributed by atoms with Crippen LogP contribution in [0.1, 0.15) is 31.9 Å². The number of piperidine rings is 1. The summed E-state index contributed by atoms with van der Waals surface area (Å²) in [5.74, 6) is 0.125. The lowest BCUT2D eigenvalue weighted by atomic mass is 9.85. The minimum atomic E-state index is -0.133. The minimum Gasteiger partial charge on any atom is -0.352 e. The lowest BCUT2D eigenvalue weighted by Crippen LogP contribution is -2.53. The lowest BCUT2D eigenvalue weighted by molar-refractivity contribution is -0.137. The summed E-state index contributed by atoms with van der Waals surface area (Å²) in [4.78, 5) is 27.0. The number of para-hydroxylation sites is 1. The molecule has 1 unspecified atom stereocenters. The van der Waals surface area contributed by atoms with Gasteiger partial charge in [-0.1, -0.05) is 18.2 Å². The highest BCUT2D eigenvalue weighted by Gasteiger charge is 2.48.